The summed E-state index contributed by atoms with van der Waals surface area (Å²) < 4.78 is 5.25. The minimum absolute atomic E-state index is 0.00353. The van der Waals surface area contributed by atoms with E-state index >= 15 is 0 Å². The van der Waals surface area contributed by atoms with E-state index in [4.69, 9.17) is 4.74 Å². The molecule has 1 aliphatic heterocycles. The predicted molar refractivity (Wildman–Crippen MR) is 103 cm³/mol. The minimum Gasteiger partial charge on any atom is -0.497 e. The van der Waals surface area contributed by atoms with Gasteiger partial charge in [0.25, 0.3) is 0 Å². The first kappa shape index (κ1) is 18.4. The summed E-state index contributed by atoms with van der Waals surface area (Å²) in [5.41, 5.74) is 2.75. The molecule has 2 heterocycles. The molecule has 0 saturated carbocycles. The van der Waals surface area contributed by atoms with Gasteiger partial charge in [-0.25, -0.2) is 9.97 Å². The number of carbonyl (C=O) groups excluding carboxylic acids is 1. The SMILES string of the molecule is CCc1nc(C)cc(N2CCC[C@@H](C(=O)c3ccc(OC)cc3C)C2)n1. The molecule has 26 heavy (non-hydrogen) atoms. The van der Waals surface area contributed by atoms with Crippen LogP contribution in [-0.4, -0.2) is 36.0 Å². The predicted octanol–water partition coefficient (Wildman–Crippen LogP) is 3.76. The van der Waals surface area contributed by atoms with Crippen LogP contribution >= 0.6 is 0 Å². The van der Waals surface area contributed by atoms with Crippen molar-refractivity contribution in [1.82, 2.24) is 9.97 Å². The molecule has 1 fully saturated rings. The molecule has 3 rings (SSSR count). The number of rotatable bonds is 5. The van der Waals surface area contributed by atoms with Crippen LogP contribution in [0.2, 0.25) is 0 Å². The van der Waals surface area contributed by atoms with E-state index in [1.54, 1.807) is 7.11 Å². The Morgan fingerprint density at radius 2 is 2.08 bits per heavy atom. The molecule has 0 radical (unpaired) electrons. The van der Waals surface area contributed by atoms with Gasteiger partial charge in [0, 0.05) is 42.8 Å². The van der Waals surface area contributed by atoms with Gasteiger partial charge in [0.15, 0.2) is 5.78 Å². The monoisotopic (exact) mass is 353 g/mol. The number of Topliss-reactive ketones (excluding diaryl/α,β-unsaturated/α-hetero) is 1. The zero-order valence-corrected chi connectivity index (χ0v) is 16.1. The second-order valence-electron chi connectivity index (χ2n) is 6.97. The Morgan fingerprint density at radius 1 is 1.27 bits per heavy atom. The number of carbonyl (C=O) groups is 1. The lowest BCUT2D eigenvalue weighted by Gasteiger charge is -2.33. The molecule has 5 heteroatoms. The van der Waals surface area contributed by atoms with Crippen molar-refractivity contribution >= 4 is 11.6 Å². The number of aromatic nitrogens is 2. The molecule has 5 nitrogen and oxygen atoms in total. The third-order valence-electron chi connectivity index (χ3n) is 5.02. The molecule has 0 aliphatic carbocycles. The Morgan fingerprint density at radius 3 is 2.77 bits per heavy atom. The Bertz CT molecular complexity index is 804. The maximum Gasteiger partial charge on any atom is 0.167 e. The van der Waals surface area contributed by atoms with E-state index in [-0.39, 0.29) is 11.7 Å². The number of hydrogen-bond donors (Lipinski definition) is 0. The van der Waals surface area contributed by atoms with Crippen LogP contribution < -0.4 is 9.64 Å². The largest absolute Gasteiger partial charge is 0.497 e. The summed E-state index contributed by atoms with van der Waals surface area (Å²) in [6.07, 6.45) is 2.73. The first-order chi connectivity index (χ1) is 12.5. The maximum atomic E-state index is 13.1. The van der Waals surface area contributed by atoms with Crippen molar-refractivity contribution < 1.29 is 9.53 Å². The highest BCUT2D eigenvalue weighted by molar-refractivity contribution is 5.99. The molecular formula is C21H27N3O2. The molecule has 1 aromatic heterocycles. The van der Waals surface area contributed by atoms with E-state index in [1.807, 2.05) is 38.1 Å². The average Bonchev–Trinajstić information content (AvgIpc) is 2.66. The molecule has 2 aromatic rings. The highest BCUT2D eigenvalue weighted by Crippen LogP contribution is 2.27. The summed E-state index contributed by atoms with van der Waals surface area (Å²) in [5, 5.41) is 0. The highest BCUT2D eigenvalue weighted by Gasteiger charge is 2.28. The number of hydrogen-bond acceptors (Lipinski definition) is 5. The van der Waals surface area contributed by atoms with E-state index in [0.29, 0.717) is 6.54 Å². The highest BCUT2D eigenvalue weighted by atomic mass is 16.5. The lowest BCUT2D eigenvalue weighted by molar-refractivity contribution is 0.0906. The van der Waals surface area contributed by atoms with Crippen molar-refractivity contribution in [2.45, 2.75) is 40.0 Å². The average molecular weight is 353 g/mol. The fraction of sp³-hybridized carbons (Fsp3) is 0.476. The van der Waals surface area contributed by atoms with E-state index in [2.05, 4.69) is 21.8 Å². The van der Waals surface area contributed by atoms with Gasteiger partial charge in [0.05, 0.1) is 7.11 Å². The summed E-state index contributed by atoms with van der Waals surface area (Å²) in [5.74, 6) is 2.80. The third-order valence-corrected chi connectivity index (χ3v) is 5.02. The molecule has 1 aliphatic rings. The first-order valence-electron chi connectivity index (χ1n) is 9.30. The fourth-order valence-electron chi connectivity index (χ4n) is 3.59. The molecule has 1 aromatic carbocycles. The summed E-state index contributed by atoms with van der Waals surface area (Å²) in [4.78, 5) is 24.5. The van der Waals surface area contributed by atoms with Crippen molar-refractivity contribution in [3.63, 3.8) is 0 Å². The lowest BCUT2D eigenvalue weighted by atomic mass is 9.88. The van der Waals surface area contributed by atoms with E-state index in [9.17, 15) is 4.79 Å². The quantitative estimate of drug-likeness (QED) is 0.766. The van der Waals surface area contributed by atoms with Crippen LogP contribution in [0.5, 0.6) is 5.75 Å². The zero-order valence-electron chi connectivity index (χ0n) is 16.1. The number of aryl methyl sites for hydroxylation is 3. The number of methoxy groups -OCH3 is 1. The van der Waals surface area contributed by atoms with Crippen LogP contribution in [0.4, 0.5) is 5.82 Å². The third kappa shape index (κ3) is 3.87. The van der Waals surface area contributed by atoms with Crippen molar-refractivity contribution in [2.75, 3.05) is 25.1 Å². The zero-order chi connectivity index (χ0) is 18.7. The molecule has 1 atom stereocenters. The standard InChI is InChI=1S/C21H27N3O2/c1-5-19-22-15(3)12-20(23-19)24-10-6-7-16(13-24)21(25)18-9-8-17(26-4)11-14(18)2/h8-9,11-12,16H,5-7,10,13H2,1-4H3/t16-/m1/s1. The van der Waals surface area contributed by atoms with Crippen LogP contribution in [0.25, 0.3) is 0 Å². The van der Waals surface area contributed by atoms with Gasteiger partial charge < -0.3 is 9.64 Å². The second kappa shape index (κ2) is 7.85. The van der Waals surface area contributed by atoms with Gasteiger partial charge in [-0.3, -0.25) is 4.79 Å². The topological polar surface area (TPSA) is 55.3 Å². The van der Waals surface area contributed by atoms with Crippen LogP contribution in [0, 0.1) is 19.8 Å². The Hall–Kier alpha value is -2.43. The fourth-order valence-corrected chi connectivity index (χ4v) is 3.59. The van der Waals surface area contributed by atoms with Gasteiger partial charge in [-0.15, -0.1) is 0 Å². The molecule has 138 valence electrons. The Balaban J connectivity index is 1.80. The van der Waals surface area contributed by atoms with E-state index in [1.165, 1.54) is 0 Å². The number of ether oxygens (including phenoxy) is 1. The van der Waals surface area contributed by atoms with Crippen LogP contribution in [0.15, 0.2) is 24.3 Å². The number of benzene rings is 1. The van der Waals surface area contributed by atoms with Crippen LogP contribution in [0.3, 0.4) is 0 Å². The molecule has 0 unspecified atom stereocenters. The van der Waals surface area contributed by atoms with Crippen molar-refractivity contribution in [3.8, 4) is 5.75 Å². The number of anilines is 1. The molecular weight excluding hydrogens is 326 g/mol. The number of nitrogens with zero attached hydrogens (tertiary/aromatic N) is 3. The van der Waals surface area contributed by atoms with Gasteiger partial charge in [-0.2, -0.15) is 0 Å². The molecule has 0 bridgehead atoms. The Labute approximate surface area is 155 Å². The maximum absolute atomic E-state index is 13.1. The van der Waals surface area contributed by atoms with Crippen molar-refractivity contribution in [1.29, 1.82) is 0 Å². The number of ketones is 1. The van der Waals surface area contributed by atoms with Crippen LogP contribution in [0.1, 0.15) is 47.2 Å². The summed E-state index contributed by atoms with van der Waals surface area (Å²) in [6, 6.07) is 7.70. The summed E-state index contributed by atoms with van der Waals surface area (Å²) in [6.45, 7) is 7.68. The summed E-state index contributed by atoms with van der Waals surface area (Å²) >= 11 is 0. The minimum atomic E-state index is -0.00353. The molecule has 0 N–H and O–H groups in total. The molecule has 0 spiro atoms. The normalized spacial score (nSPS) is 17.2. The van der Waals surface area contributed by atoms with Crippen molar-refractivity contribution in [2.24, 2.45) is 5.92 Å². The van der Waals surface area contributed by atoms with Gasteiger partial charge in [0.1, 0.15) is 17.4 Å². The van der Waals surface area contributed by atoms with Gasteiger partial charge >= 0.3 is 0 Å². The molecule has 0 amide bonds. The lowest BCUT2D eigenvalue weighted by Crippen LogP contribution is -2.39. The second-order valence-corrected chi connectivity index (χ2v) is 6.97. The van der Waals surface area contributed by atoms with Gasteiger partial charge in [-0.05, 0) is 50.5 Å². The summed E-state index contributed by atoms with van der Waals surface area (Å²) in [7, 11) is 1.64. The van der Waals surface area contributed by atoms with Crippen molar-refractivity contribution in [3.05, 3.63) is 46.9 Å². The van der Waals surface area contributed by atoms with E-state index < -0.39 is 0 Å². The van der Waals surface area contributed by atoms with E-state index in [0.717, 1.165) is 60.0 Å². The Kier molecular flexibility index (Phi) is 5.55. The van der Waals surface area contributed by atoms with Gasteiger partial charge in [0.2, 0.25) is 0 Å². The van der Waals surface area contributed by atoms with Gasteiger partial charge in [-0.1, -0.05) is 6.92 Å². The molecule has 1 saturated heterocycles. The number of piperidine rings is 1. The smallest absolute Gasteiger partial charge is 0.167 e. The first-order valence-corrected chi connectivity index (χ1v) is 9.30. The van der Waals surface area contributed by atoms with Crippen LogP contribution in [-0.2, 0) is 6.42 Å².